The Balaban J connectivity index is 0.00000676. The molecule has 0 aliphatic rings. The average molecular weight is 493 g/mol. The molecule has 1 aromatic carbocycles. The molecule has 0 radical (unpaired) electrons. The maximum atomic E-state index is 5.40. The molecule has 6 nitrogen and oxygen atoms in total. The van der Waals surface area contributed by atoms with Gasteiger partial charge in [0.05, 0.1) is 21.3 Å². The summed E-state index contributed by atoms with van der Waals surface area (Å²) in [5.74, 6) is 3.43. The van der Waals surface area contributed by atoms with Gasteiger partial charge in [-0.15, -0.1) is 24.0 Å². The SMILES string of the molecule is CN=C(NCc1cc(OC)c(OC)c(OC)c1)NC(C)CCCC(C)C.I. The second-order valence-corrected chi connectivity index (χ2v) is 6.83. The van der Waals surface area contributed by atoms with Gasteiger partial charge in [-0.1, -0.05) is 26.7 Å². The predicted octanol–water partition coefficient (Wildman–Crippen LogP) is 4.21. The van der Waals surface area contributed by atoms with E-state index < -0.39 is 0 Å². The molecule has 0 spiro atoms. The molecule has 27 heavy (non-hydrogen) atoms. The van der Waals surface area contributed by atoms with Gasteiger partial charge in [0.2, 0.25) is 5.75 Å². The summed E-state index contributed by atoms with van der Waals surface area (Å²) in [7, 11) is 6.62. The van der Waals surface area contributed by atoms with Crippen LogP contribution in [0.25, 0.3) is 0 Å². The van der Waals surface area contributed by atoms with Crippen molar-refractivity contribution in [1.29, 1.82) is 0 Å². The number of hydrogen-bond acceptors (Lipinski definition) is 4. The second-order valence-electron chi connectivity index (χ2n) is 6.83. The molecular formula is C20H36IN3O3. The van der Waals surface area contributed by atoms with Crippen LogP contribution in [-0.2, 0) is 6.54 Å². The van der Waals surface area contributed by atoms with E-state index in [1.807, 2.05) is 12.1 Å². The summed E-state index contributed by atoms with van der Waals surface area (Å²) in [4.78, 5) is 4.31. The van der Waals surface area contributed by atoms with E-state index in [4.69, 9.17) is 14.2 Å². The van der Waals surface area contributed by atoms with Gasteiger partial charge in [0, 0.05) is 19.6 Å². The van der Waals surface area contributed by atoms with E-state index in [1.54, 1.807) is 28.4 Å². The standard InChI is InChI=1S/C20H35N3O3.HI/c1-14(2)9-8-10-15(3)23-20(21-4)22-13-16-11-17(24-5)19(26-7)18(12-16)25-6;/h11-12,14-15H,8-10,13H2,1-7H3,(H2,21,22,23);1H. The number of aliphatic imine (C=N–C) groups is 1. The van der Waals surface area contributed by atoms with Gasteiger partial charge in [0.1, 0.15) is 0 Å². The van der Waals surface area contributed by atoms with Crippen molar-refractivity contribution in [3.63, 3.8) is 0 Å². The van der Waals surface area contributed by atoms with Crippen molar-refractivity contribution in [2.45, 2.75) is 52.6 Å². The minimum atomic E-state index is 0. The lowest BCUT2D eigenvalue weighted by molar-refractivity contribution is 0.323. The Hall–Kier alpha value is -1.38. The summed E-state index contributed by atoms with van der Waals surface area (Å²) in [5, 5.41) is 6.78. The molecule has 0 aliphatic heterocycles. The minimum absolute atomic E-state index is 0. The number of halogens is 1. The van der Waals surface area contributed by atoms with Crippen molar-refractivity contribution in [2.24, 2.45) is 10.9 Å². The first-order valence-corrected chi connectivity index (χ1v) is 9.21. The third-order valence-electron chi connectivity index (χ3n) is 4.21. The van der Waals surface area contributed by atoms with E-state index in [-0.39, 0.29) is 24.0 Å². The van der Waals surface area contributed by atoms with Crippen LogP contribution in [0.1, 0.15) is 45.6 Å². The Morgan fingerprint density at radius 1 is 1.00 bits per heavy atom. The molecule has 1 rings (SSSR count). The smallest absolute Gasteiger partial charge is 0.203 e. The molecule has 156 valence electrons. The number of benzene rings is 1. The lowest BCUT2D eigenvalue weighted by atomic mass is 10.0. The zero-order valence-electron chi connectivity index (χ0n) is 17.7. The van der Waals surface area contributed by atoms with Gasteiger partial charge in [0.15, 0.2) is 17.5 Å². The summed E-state index contributed by atoms with van der Waals surface area (Å²) >= 11 is 0. The summed E-state index contributed by atoms with van der Waals surface area (Å²) in [5.41, 5.74) is 1.02. The van der Waals surface area contributed by atoms with E-state index in [0.717, 1.165) is 23.9 Å². The molecule has 0 saturated carbocycles. The lowest BCUT2D eigenvalue weighted by Crippen LogP contribution is -2.41. The van der Waals surface area contributed by atoms with Crippen LogP contribution in [0, 0.1) is 5.92 Å². The van der Waals surface area contributed by atoms with Gasteiger partial charge >= 0.3 is 0 Å². The Morgan fingerprint density at radius 2 is 1.59 bits per heavy atom. The Bertz CT molecular complexity index is 555. The van der Waals surface area contributed by atoms with Gasteiger partial charge in [-0.2, -0.15) is 0 Å². The molecule has 0 fully saturated rings. The average Bonchev–Trinajstić information content (AvgIpc) is 2.63. The van der Waals surface area contributed by atoms with E-state index in [0.29, 0.717) is 29.8 Å². The summed E-state index contributed by atoms with van der Waals surface area (Å²) < 4.78 is 16.2. The molecule has 0 bridgehead atoms. The number of hydrogen-bond donors (Lipinski definition) is 2. The Morgan fingerprint density at radius 3 is 2.04 bits per heavy atom. The van der Waals surface area contributed by atoms with Crippen LogP contribution in [0.3, 0.4) is 0 Å². The lowest BCUT2D eigenvalue weighted by Gasteiger charge is -2.19. The molecule has 2 N–H and O–H groups in total. The van der Waals surface area contributed by atoms with Crippen molar-refractivity contribution < 1.29 is 14.2 Å². The fraction of sp³-hybridized carbons (Fsp3) is 0.650. The van der Waals surface area contributed by atoms with E-state index in [2.05, 4.69) is 36.4 Å². The number of nitrogens with one attached hydrogen (secondary N) is 2. The first kappa shape index (κ1) is 25.6. The van der Waals surface area contributed by atoms with Crippen LogP contribution in [0.4, 0.5) is 0 Å². The zero-order chi connectivity index (χ0) is 19.5. The van der Waals surface area contributed by atoms with Crippen LogP contribution in [0.2, 0.25) is 0 Å². The third kappa shape index (κ3) is 8.90. The first-order chi connectivity index (χ1) is 12.4. The normalized spacial score (nSPS) is 12.2. The summed E-state index contributed by atoms with van der Waals surface area (Å²) in [6.07, 6.45) is 3.60. The van der Waals surface area contributed by atoms with Crippen molar-refractivity contribution in [3.05, 3.63) is 17.7 Å². The van der Waals surface area contributed by atoms with E-state index >= 15 is 0 Å². The number of nitrogens with zero attached hydrogens (tertiary/aromatic N) is 1. The Kier molecular flexibility index (Phi) is 13.0. The van der Waals surface area contributed by atoms with Crippen molar-refractivity contribution in [1.82, 2.24) is 10.6 Å². The van der Waals surface area contributed by atoms with Gasteiger partial charge in [-0.05, 0) is 37.0 Å². The van der Waals surface area contributed by atoms with Gasteiger partial charge in [0.25, 0.3) is 0 Å². The van der Waals surface area contributed by atoms with Gasteiger partial charge in [-0.3, -0.25) is 4.99 Å². The van der Waals surface area contributed by atoms with Crippen LogP contribution in [0.5, 0.6) is 17.2 Å². The highest BCUT2D eigenvalue weighted by Crippen LogP contribution is 2.38. The first-order valence-electron chi connectivity index (χ1n) is 9.21. The monoisotopic (exact) mass is 493 g/mol. The summed E-state index contributed by atoms with van der Waals surface area (Å²) in [6.45, 7) is 7.31. The number of ether oxygens (including phenoxy) is 3. The van der Waals surface area contributed by atoms with Gasteiger partial charge < -0.3 is 24.8 Å². The molecule has 0 aliphatic carbocycles. The molecule has 7 heteroatoms. The van der Waals surface area contributed by atoms with Crippen molar-refractivity contribution >= 4 is 29.9 Å². The van der Waals surface area contributed by atoms with Crippen LogP contribution >= 0.6 is 24.0 Å². The summed E-state index contributed by atoms with van der Waals surface area (Å²) in [6, 6.07) is 4.25. The molecular weight excluding hydrogens is 457 g/mol. The zero-order valence-corrected chi connectivity index (χ0v) is 20.0. The molecule has 1 aromatic rings. The maximum absolute atomic E-state index is 5.40. The number of guanidine groups is 1. The number of rotatable bonds is 10. The minimum Gasteiger partial charge on any atom is -0.493 e. The topological polar surface area (TPSA) is 64.1 Å². The highest BCUT2D eigenvalue weighted by Gasteiger charge is 2.13. The molecule has 0 heterocycles. The predicted molar refractivity (Wildman–Crippen MR) is 123 cm³/mol. The maximum Gasteiger partial charge on any atom is 0.203 e. The molecule has 1 unspecified atom stereocenters. The van der Waals surface area contributed by atoms with Gasteiger partial charge in [-0.25, -0.2) is 0 Å². The van der Waals surface area contributed by atoms with Crippen LogP contribution in [0.15, 0.2) is 17.1 Å². The number of methoxy groups -OCH3 is 3. The molecule has 0 aromatic heterocycles. The largest absolute Gasteiger partial charge is 0.493 e. The van der Waals surface area contributed by atoms with E-state index in [1.165, 1.54) is 12.8 Å². The highest BCUT2D eigenvalue weighted by molar-refractivity contribution is 14.0. The highest BCUT2D eigenvalue weighted by atomic mass is 127. The third-order valence-corrected chi connectivity index (χ3v) is 4.21. The molecule has 1 atom stereocenters. The van der Waals surface area contributed by atoms with Crippen molar-refractivity contribution in [2.75, 3.05) is 28.4 Å². The van der Waals surface area contributed by atoms with Crippen LogP contribution < -0.4 is 24.8 Å². The molecule has 0 amide bonds. The van der Waals surface area contributed by atoms with Crippen molar-refractivity contribution in [3.8, 4) is 17.2 Å². The Labute approximate surface area is 181 Å². The molecule has 0 saturated heterocycles. The van der Waals surface area contributed by atoms with Crippen LogP contribution in [-0.4, -0.2) is 40.4 Å². The fourth-order valence-corrected chi connectivity index (χ4v) is 2.76. The van der Waals surface area contributed by atoms with E-state index in [9.17, 15) is 0 Å². The fourth-order valence-electron chi connectivity index (χ4n) is 2.76. The second kappa shape index (κ2) is 13.7. The quantitative estimate of drug-likeness (QED) is 0.291.